The molecule has 0 bridgehead atoms. The van der Waals surface area contributed by atoms with Crippen molar-refractivity contribution in [2.45, 2.75) is 49.9 Å². The van der Waals surface area contributed by atoms with Gasteiger partial charge in [0.05, 0.1) is 5.60 Å². The third kappa shape index (κ3) is 1.03. The molecule has 4 rings (SSSR count). The molecule has 0 radical (unpaired) electrons. The fourth-order valence-electron chi connectivity index (χ4n) is 4.50. The highest BCUT2D eigenvalue weighted by atomic mass is 16.6. The van der Waals surface area contributed by atoms with Crippen molar-refractivity contribution in [3.05, 3.63) is 24.3 Å². The Kier molecular flexibility index (Phi) is 1.74. The van der Waals surface area contributed by atoms with Crippen LogP contribution in [0.15, 0.2) is 24.3 Å². The third-order valence-electron chi connectivity index (χ3n) is 5.63. The maximum atomic E-state index is 11.7. The Morgan fingerprint density at radius 2 is 2.17 bits per heavy atom. The van der Waals surface area contributed by atoms with Crippen LogP contribution in [0, 0.1) is 11.8 Å². The van der Waals surface area contributed by atoms with Crippen LogP contribution in [0.4, 0.5) is 0 Å². The summed E-state index contributed by atoms with van der Waals surface area (Å²) in [4.78, 5) is 11.7. The summed E-state index contributed by atoms with van der Waals surface area (Å²) in [6, 6.07) is 0. The first kappa shape index (κ1) is 10.8. The second-order valence-electron chi connectivity index (χ2n) is 6.46. The van der Waals surface area contributed by atoms with Crippen molar-refractivity contribution in [3.8, 4) is 0 Å². The molecule has 0 aromatic carbocycles. The molecular formula is C15H18O3. The Morgan fingerprint density at radius 3 is 2.89 bits per heavy atom. The van der Waals surface area contributed by atoms with Crippen LogP contribution in [0.2, 0.25) is 0 Å². The highest BCUT2D eigenvalue weighted by Crippen LogP contribution is 2.69. The van der Waals surface area contributed by atoms with Gasteiger partial charge in [0.2, 0.25) is 0 Å². The van der Waals surface area contributed by atoms with Gasteiger partial charge in [0.25, 0.3) is 0 Å². The molecule has 2 saturated carbocycles. The van der Waals surface area contributed by atoms with E-state index < -0.39 is 0 Å². The van der Waals surface area contributed by atoms with Crippen LogP contribution in [0.1, 0.15) is 32.6 Å². The number of hydrogen-bond donors (Lipinski definition) is 0. The van der Waals surface area contributed by atoms with Gasteiger partial charge in [0.15, 0.2) is 0 Å². The molecular weight excluding hydrogens is 228 g/mol. The molecule has 0 aromatic heterocycles. The Morgan fingerprint density at radius 1 is 1.39 bits per heavy atom. The van der Waals surface area contributed by atoms with E-state index >= 15 is 0 Å². The predicted octanol–water partition coefficient (Wildman–Crippen LogP) is 2.37. The molecule has 0 aromatic rings. The summed E-state index contributed by atoms with van der Waals surface area (Å²) in [5, 5.41) is 0. The van der Waals surface area contributed by atoms with Crippen LogP contribution in [0.5, 0.6) is 0 Å². The third-order valence-corrected chi connectivity index (χ3v) is 5.63. The number of rotatable bonds is 0. The zero-order valence-electron chi connectivity index (χ0n) is 10.7. The topological polar surface area (TPSA) is 38.8 Å². The molecule has 4 fully saturated rings. The Bertz CT molecular complexity index is 494. The van der Waals surface area contributed by atoms with Gasteiger partial charge < -0.3 is 9.47 Å². The number of carbonyl (C=O) groups is 1. The minimum absolute atomic E-state index is 0.00140. The summed E-state index contributed by atoms with van der Waals surface area (Å²) in [5.74, 6) is 0.340. The van der Waals surface area contributed by atoms with Gasteiger partial charge in [-0.3, -0.25) is 0 Å². The van der Waals surface area contributed by atoms with Crippen LogP contribution >= 0.6 is 0 Å². The summed E-state index contributed by atoms with van der Waals surface area (Å²) in [6.07, 6.45) is 3.87. The molecule has 5 atom stereocenters. The Hall–Kier alpha value is -1.09. The van der Waals surface area contributed by atoms with E-state index in [0.717, 1.165) is 25.7 Å². The monoisotopic (exact) mass is 246 g/mol. The number of hydrogen-bond acceptors (Lipinski definition) is 3. The lowest BCUT2D eigenvalue weighted by atomic mass is 9.80. The summed E-state index contributed by atoms with van der Waals surface area (Å²) >= 11 is 0. The minimum Gasteiger partial charge on any atom is -0.458 e. The lowest BCUT2D eigenvalue weighted by Crippen LogP contribution is -2.28. The van der Waals surface area contributed by atoms with Crippen LogP contribution in [0.25, 0.3) is 0 Å². The molecule has 2 aliphatic heterocycles. The van der Waals surface area contributed by atoms with Gasteiger partial charge in [0.1, 0.15) is 11.7 Å². The van der Waals surface area contributed by atoms with Gasteiger partial charge in [-0.05, 0) is 26.2 Å². The van der Waals surface area contributed by atoms with E-state index in [1.165, 1.54) is 5.57 Å². The second-order valence-corrected chi connectivity index (χ2v) is 6.46. The maximum absolute atomic E-state index is 11.7. The van der Waals surface area contributed by atoms with E-state index in [2.05, 4.69) is 20.1 Å². The standard InChI is InChI=1S/C15H18O3/c1-8-6-12-10(9(2)13(16)17-12)7-15-11(8)4-5-14(15,3)18-15/h10-12H,1-2,4-7H2,3H3/t10-,11-,12-,14+,15-/m0/s1. The van der Waals surface area contributed by atoms with Gasteiger partial charge in [-0.25, -0.2) is 4.79 Å². The van der Waals surface area contributed by atoms with E-state index in [9.17, 15) is 4.79 Å². The Balaban J connectivity index is 1.75. The van der Waals surface area contributed by atoms with Crippen molar-refractivity contribution in [3.63, 3.8) is 0 Å². The number of epoxide rings is 1. The molecule has 0 N–H and O–H groups in total. The second kappa shape index (κ2) is 2.90. The van der Waals surface area contributed by atoms with Crippen molar-refractivity contribution in [1.82, 2.24) is 0 Å². The lowest BCUT2D eigenvalue weighted by Gasteiger charge is -2.20. The van der Waals surface area contributed by atoms with Crippen molar-refractivity contribution in [1.29, 1.82) is 0 Å². The average Bonchev–Trinajstić information content (AvgIpc) is 2.72. The summed E-state index contributed by atoms with van der Waals surface area (Å²) < 4.78 is 11.5. The van der Waals surface area contributed by atoms with Gasteiger partial charge in [-0.1, -0.05) is 18.7 Å². The van der Waals surface area contributed by atoms with E-state index in [1.54, 1.807) is 0 Å². The number of esters is 1. The van der Waals surface area contributed by atoms with Gasteiger partial charge in [0, 0.05) is 23.8 Å². The van der Waals surface area contributed by atoms with Crippen LogP contribution in [0.3, 0.4) is 0 Å². The van der Waals surface area contributed by atoms with Gasteiger partial charge in [-0.2, -0.15) is 0 Å². The normalized spacial score (nSPS) is 53.4. The molecule has 18 heavy (non-hydrogen) atoms. The van der Waals surface area contributed by atoms with Crippen LogP contribution in [-0.2, 0) is 14.3 Å². The highest BCUT2D eigenvalue weighted by Gasteiger charge is 2.75. The maximum Gasteiger partial charge on any atom is 0.334 e. The van der Waals surface area contributed by atoms with Crippen molar-refractivity contribution in [2.75, 3.05) is 0 Å². The summed E-state index contributed by atoms with van der Waals surface area (Å²) in [6.45, 7) is 10.3. The highest BCUT2D eigenvalue weighted by molar-refractivity contribution is 5.91. The molecule has 0 amide bonds. The largest absolute Gasteiger partial charge is 0.458 e. The summed E-state index contributed by atoms with van der Waals surface area (Å²) in [7, 11) is 0. The van der Waals surface area contributed by atoms with E-state index in [4.69, 9.17) is 9.47 Å². The summed E-state index contributed by atoms with van der Waals surface area (Å²) in [5.41, 5.74) is 1.75. The molecule has 0 unspecified atom stereocenters. The van der Waals surface area contributed by atoms with Crippen molar-refractivity contribution < 1.29 is 14.3 Å². The van der Waals surface area contributed by atoms with E-state index in [0.29, 0.717) is 11.5 Å². The molecule has 96 valence electrons. The predicted molar refractivity (Wildman–Crippen MR) is 65.8 cm³/mol. The molecule has 3 nitrogen and oxygen atoms in total. The fourth-order valence-corrected chi connectivity index (χ4v) is 4.50. The lowest BCUT2D eigenvalue weighted by molar-refractivity contribution is -0.139. The molecule has 2 aliphatic carbocycles. The van der Waals surface area contributed by atoms with Crippen LogP contribution in [-0.4, -0.2) is 23.3 Å². The number of ether oxygens (including phenoxy) is 2. The smallest absolute Gasteiger partial charge is 0.334 e. The number of carbonyl (C=O) groups excluding carboxylic acids is 1. The molecule has 2 heterocycles. The first-order chi connectivity index (χ1) is 8.47. The molecule has 4 aliphatic rings. The first-order valence-electron chi connectivity index (χ1n) is 6.74. The number of fused-ring (bicyclic) bond motifs is 1. The zero-order valence-corrected chi connectivity index (χ0v) is 10.7. The van der Waals surface area contributed by atoms with Crippen molar-refractivity contribution >= 4 is 5.97 Å². The van der Waals surface area contributed by atoms with Crippen molar-refractivity contribution in [2.24, 2.45) is 11.8 Å². The molecule has 3 heteroatoms. The zero-order chi connectivity index (χ0) is 12.7. The average molecular weight is 246 g/mol. The first-order valence-corrected chi connectivity index (χ1v) is 6.74. The van der Waals surface area contributed by atoms with Crippen LogP contribution < -0.4 is 0 Å². The quantitative estimate of drug-likeness (QED) is 0.285. The SMILES string of the molecule is C=C1C(=O)O[C@H]2CC(=C)[C@@H]3CC[C@@]4(C)O[C@@]34C[C@@H]12. The van der Waals surface area contributed by atoms with E-state index in [1.807, 2.05) is 0 Å². The fraction of sp³-hybridized carbons (Fsp3) is 0.667. The Labute approximate surface area is 107 Å². The molecule has 2 saturated heterocycles. The molecule has 1 spiro atoms. The van der Waals surface area contributed by atoms with Gasteiger partial charge in [-0.15, -0.1) is 0 Å². The van der Waals surface area contributed by atoms with Gasteiger partial charge >= 0.3 is 5.97 Å². The minimum atomic E-state index is -0.229. The van der Waals surface area contributed by atoms with E-state index in [-0.39, 0.29) is 29.2 Å².